The van der Waals surface area contributed by atoms with Crippen LogP contribution in [0.15, 0.2) is 54.9 Å². The number of carbonyl (C=O) groups excluding carboxylic acids is 1. The van der Waals surface area contributed by atoms with Gasteiger partial charge in [-0.2, -0.15) is 9.97 Å². The molecule has 0 radical (unpaired) electrons. The number of alkyl halides is 2. The number of likely N-dealkylation sites (N-methyl/N-ethyl adjacent to an activating group) is 1. The molecule has 204 valence electrons. The summed E-state index contributed by atoms with van der Waals surface area (Å²) in [5, 5.41) is 3.10. The summed E-state index contributed by atoms with van der Waals surface area (Å²) in [4.78, 5) is 34.2. The quantitative estimate of drug-likeness (QED) is 0.347. The van der Waals surface area contributed by atoms with Crippen molar-refractivity contribution in [1.29, 1.82) is 0 Å². The van der Waals surface area contributed by atoms with Crippen LogP contribution >= 0.6 is 0 Å². The van der Waals surface area contributed by atoms with Crippen LogP contribution in [0.2, 0.25) is 0 Å². The van der Waals surface area contributed by atoms with Gasteiger partial charge in [0, 0.05) is 45.1 Å². The van der Waals surface area contributed by atoms with Crippen LogP contribution in [0.4, 0.5) is 20.5 Å². The van der Waals surface area contributed by atoms with E-state index in [1.54, 1.807) is 61.6 Å². The zero-order valence-corrected chi connectivity index (χ0v) is 21.8. The maximum absolute atomic E-state index is 14.1. The van der Waals surface area contributed by atoms with Crippen LogP contribution in [0.3, 0.4) is 0 Å². The summed E-state index contributed by atoms with van der Waals surface area (Å²) in [6.45, 7) is 4.48. The Morgan fingerprint density at radius 2 is 1.79 bits per heavy atom. The number of para-hydroxylation sites is 2. The van der Waals surface area contributed by atoms with E-state index in [0.717, 1.165) is 5.56 Å². The van der Waals surface area contributed by atoms with E-state index in [9.17, 15) is 13.6 Å². The first-order valence-electron chi connectivity index (χ1n) is 12.8. The van der Waals surface area contributed by atoms with Gasteiger partial charge in [0.15, 0.2) is 5.82 Å². The molecule has 0 aliphatic carbocycles. The van der Waals surface area contributed by atoms with Crippen molar-refractivity contribution in [2.45, 2.75) is 25.8 Å². The van der Waals surface area contributed by atoms with E-state index in [1.165, 1.54) is 4.57 Å². The lowest BCUT2D eigenvalue weighted by molar-refractivity contribution is -0.130. The van der Waals surface area contributed by atoms with Crippen LogP contribution in [0, 0.1) is 0 Å². The van der Waals surface area contributed by atoms with Gasteiger partial charge in [0.1, 0.15) is 17.7 Å². The smallest absolute Gasteiger partial charge is 0.296 e. The Bertz CT molecular complexity index is 1430. The molecule has 39 heavy (non-hydrogen) atoms. The highest BCUT2D eigenvalue weighted by molar-refractivity contribution is 5.84. The van der Waals surface area contributed by atoms with E-state index in [2.05, 4.69) is 25.3 Å². The second-order valence-electron chi connectivity index (χ2n) is 9.33. The van der Waals surface area contributed by atoms with E-state index in [0.29, 0.717) is 56.1 Å². The molecule has 4 aromatic rings. The van der Waals surface area contributed by atoms with Crippen molar-refractivity contribution in [3.8, 4) is 5.82 Å². The number of anilines is 2. The summed E-state index contributed by atoms with van der Waals surface area (Å²) in [6, 6.07) is 11.8. The lowest BCUT2D eigenvalue weighted by Gasteiger charge is -2.29. The predicted molar refractivity (Wildman–Crippen MR) is 143 cm³/mol. The Hall–Kier alpha value is -4.19. The number of ether oxygens (including phenoxy) is 1. The molecule has 0 saturated carbocycles. The third-order valence-corrected chi connectivity index (χ3v) is 6.62. The molecule has 1 aliphatic heterocycles. The number of halogens is 2. The monoisotopic (exact) mass is 536 g/mol. The molecule has 1 N–H and O–H groups in total. The molecule has 12 heteroatoms. The number of fused-ring (bicyclic) bond motifs is 1. The lowest BCUT2D eigenvalue weighted by atomic mass is 10.2. The van der Waals surface area contributed by atoms with Crippen molar-refractivity contribution < 1.29 is 18.3 Å². The van der Waals surface area contributed by atoms with E-state index < -0.39 is 18.3 Å². The number of imidazole rings is 1. The summed E-state index contributed by atoms with van der Waals surface area (Å²) in [7, 11) is 1.74. The van der Waals surface area contributed by atoms with Gasteiger partial charge in [-0.3, -0.25) is 14.3 Å². The fraction of sp³-hybridized carbons (Fsp3) is 0.370. The van der Waals surface area contributed by atoms with Gasteiger partial charge in [-0.1, -0.05) is 12.1 Å². The Morgan fingerprint density at radius 1 is 1.08 bits per heavy atom. The number of carbonyl (C=O) groups is 1. The van der Waals surface area contributed by atoms with Crippen molar-refractivity contribution >= 4 is 28.7 Å². The fourth-order valence-corrected chi connectivity index (χ4v) is 4.53. The number of aromatic nitrogens is 5. The molecule has 1 saturated heterocycles. The average Bonchev–Trinajstić information content (AvgIpc) is 3.36. The largest absolute Gasteiger partial charge is 0.378 e. The van der Waals surface area contributed by atoms with Crippen molar-refractivity contribution in [2.24, 2.45) is 0 Å². The zero-order chi connectivity index (χ0) is 27.4. The second kappa shape index (κ2) is 11.7. The van der Waals surface area contributed by atoms with Crippen LogP contribution in [-0.4, -0.2) is 81.2 Å². The van der Waals surface area contributed by atoms with Gasteiger partial charge in [-0.15, -0.1) is 0 Å². The van der Waals surface area contributed by atoms with Crippen molar-refractivity contribution in [1.82, 2.24) is 29.4 Å². The number of pyridine rings is 1. The molecule has 1 atom stereocenters. The fourth-order valence-electron chi connectivity index (χ4n) is 4.53. The average molecular weight is 537 g/mol. The summed E-state index contributed by atoms with van der Waals surface area (Å²) in [5.74, 6) is 0.398. The van der Waals surface area contributed by atoms with Crippen LogP contribution in [0.25, 0.3) is 16.9 Å². The van der Waals surface area contributed by atoms with E-state index >= 15 is 0 Å². The number of morpholine rings is 1. The number of nitrogens with one attached hydrogen (secondary N) is 1. The molecule has 1 amide bonds. The molecule has 3 aromatic heterocycles. The highest BCUT2D eigenvalue weighted by Crippen LogP contribution is 2.29. The Labute approximate surface area is 224 Å². The Kier molecular flexibility index (Phi) is 7.92. The minimum absolute atomic E-state index is 0.146. The predicted octanol–water partition coefficient (Wildman–Crippen LogP) is 3.49. The van der Waals surface area contributed by atoms with Gasteiger partial charge in [0.2, 0.25) is 11.9 Å². The van der Waals surface area contributed by atoms with E-state index in [-0.39, 0.29) is 17.7 Å². The van der Waals surface area contributed by atoms with Gasteiger partial charge >= 0.3 is 0 Å². The van der Waals surface area contributed by atoms with Crippen LogP contribution in [-0.2, 0) is 16.0 Å². The summed E-state index contributed by atoms with van der Waals surface area (Å²) in [5.41, 5.74) is 2.03. The molecular formula is C27H30F2N8O2. The number of benzene rings is 1. The molecule has 1 aliphatic rings. The third-order valence-electron chi connectivity index (χ3n) is 6.62. The molecule has 0 unspecified atom stereocenters. The Morgan fingerprint density at radius 3 is 2.54 bits per heavy atom. The van der Waals surface area contributed by atoms with Crippen molar-refractivity contribution in [3.63, 3.8) is 0 Å². The number of amides is 1. The highest BCUT2D eigenvalue weighted by Gasteiger charge is 2.25. The SMILES string of the molecule is C[C@H](Nc1nc(N2CCOCC2)cc(-n2c(C(F)F)nc3ccccc32)n1)C(=O)N(C)CCc1ccncc1. The normalized spacial score (nSPS) is 14.5. The highest BCUT2D eigenvalue weighted by atomic mass is 19.3. The number of hydrogen-bond donors (Lipinski definition) is 1. The minimum atomic E-state index is -2.81. The number of hydrogen-bond acceptors (Lipinski definition) is 8. The molecule has 10 nitrogen and oxygen atoms in total. The second-order valence-corrected chi connectivity index (χ2v) is 9.33. The maximum atomic E-state index is 14.1. The minimum Gasteiger partial charge on any atom is -0.378 e. The van der Waals surface area contributed by atoms with Crippen LogP contribution in [0.1, 0.15) is 24.7 Å². The van der Waals surface area contributed by atoms with Crippen molar-refractivity contribution in [2.75, 3.05) is 50.1 Å². The first-order chi connectivity index (χ1) is 18.9. The topological polar surface area (TPSA) is 101 Å². The Balaban J connectivity index is 1.44. The molecule has 1 aromatic carbocycles. The zero-order valence-electron chi connectivity index (χ0n) is 21.8. The first-order valence-corrected chi connectivity index (χ1v) is 12.8. The maximum Gasteiger partial charge on any atom is 0.296 e. The van der Waals surface area contributed by atoms with E-state index in [4.69, 9.17) is 4.74 Å². The summed E-state index contributed by atoms with van der Waals surface area (Å²) in [6.07, 6.45) is 1.32. The number of rotatable bonds is 9. The first kappa shape index (κ1) is 26.4. The van der Waals surface area contributed by atoms with Crippen LogP contribution < -0.4 is 10.2 Å². The standard InChI is InChI=1S/C27H30F2N8O2/c1-18(26(38)35(2)12-9-19-7-10-30-11-8-19)31-27-33-22(36-13-15-39-16-14-36)17-23(34-27)37-21-6-4-3-5-20(21)32-25(37)24(28)29/h3-8,10-11,17-18,24H,9,12-16H2,1-2H3,(H,31,33,34)/t18-/m0/s1. The summed E-state index contributed by atoms with van der Waals surface area (Å²) < 4.78 is 35.0. The molecular weight excluding hydrogens is 506 g/mol. The van der Waals surface area contributed by atoms with Crippen molar-refractivity contribution in [3.05, 3.63) is 66.2 Å². The van der Waals surface area contributed by atoms with E-state index in [1.807, 2.05) is 17.0 Å². The van der Waals surface area contributed by atoms with Gasteiger partial charge in [-0.05, 0) is 43.2 Å². The van der Waals surface area contributed by atoms with Gasteiger partial charge in [0.25, 0.3) is 6.43 Å². The van der Waals surface area contributed by atoms with Gasteiger partial charge < -0.3 is 19.9 Å². The molecule has 4 heterocycles. The van der Waals surface area contributed by atoms with Gasteiger partial charge in [-0.25, -0.2) is 13.8 Å². The lowest BCUT2D eigenvalue weighted by Crippen LogP contribution is -2.40. The third kappa shape index (κ3) is 5.95. The summed E-state index contributed by atoms with van der Waals surface area (Å²) >= 11 is 0. The molecule has 1 fully saturated rings. The number of nitrogens with zero attached hydrogens (tertiary/aromatic N) is 7. The van der Waals surface area contributed by atoms with Crippen LogP contribution in [0.5, 0.6) is 0 Å². The molecule has 0 bridgehead atoms. The molecule has 5 rings (SSSR count). The van der Waals surface area contributed by atoms with Gasteiger partial charge in [0.05, 0.1) is 24.2 Å². The molecule has 0 spiro atoms.